The van der Waals surface area contributed by atoms with Gasteiger partial charge in [-0.15, -0.1) is 10.2 Å². The van der Waals surface area contributed by atoms with Crippen molar-refractivity contribution in [3.8, 4) is 0 Å². The summed E-state index contributed by atoms with van der Waals surface area (Å²) < 4.78 is 29.5. The maximum atomic E-state index is 12.3. The molecule has 0 saturated heterocycles. The van der Waals surface area contributed by atoms with Gasteiger partial charge in [-0.2, -0.15) is 0 Å². The van der Waals surface area contributed by atoms with E-state index in [1.54, 1.807) is 0 Å². The highest BCUT2D eigenvalue weighted by Crippen LogP contribution is 2.30. The predicted molar refractivity (Wildman–Crippen MR) is 73.3 cm³/mol. The first kappa shape index (κ1) is 15.7. The zero-order chi connectivity index (χ0) is 15.8. The predicted octanol–water partition coefficient (Wildman–Crippen LogP) is 2.36. The molecule has 1 aromatic heterocycles. The summed E-state index contributed by atoms with van der Waals surface area (Å²) >= 11 is 11.5. The fourth-order valence-corrected chi connectivity index (χ4v) is 3.63. The minimum absolute atomic E-state index is 0.115. The van der Waals surface area contributed by atoms with E-state index < -0.39 is 21.6 Å². The SMILES string of the molecule is Cc1nnc(CS(=O)(=O)c2cc(C(=O)O)c(Cl)cc2Cl)o1. The van der Waals surface area contributed by atoms with Crippen LogP contribution in [0.25, 0.3) is 0 Å². The van der Waals surface area contributed by atoms with Gasteiger partial charge in [0, 0.05) is 6.92 Å². The van der Waals surface area contributed by atoms with Crippen LogP contribution in [0.4, 0.5) is 0 Å². The molecular formula is C11H8Cl2N2O5S. The monoisotopic (exact) mass is 350 g/mol. The van der Waals surface area contributed by atoms with Crippen LogP contribution in [0, 0.1) is 6.92 Å². The van der Waals surface area contributed by atoms with Crippen LogP contribution in [0.1, 0.15) is 22.1 Å². The number of carboxylic acids is 1. The molecule has 0 aliphatic carbocycles. The lowest BCUT2D eigenvalue weighted by atomic mass is 10.2. The van der Waals surface area contributed by atoms with Gasteiger partial charge in [-0.3, -0.25) is 0 Å². The Bertz CT molecular complexity index is 816. The second-order valence-corrected chi connectivity index (χ2v) is 6.81. The molecule has 0 aliphatic rings. The van der Waals surface area contributed by atoms with Crippen LogP contribution in [-0.4, -0.2) is 29.7 Å². The lowest BCUT2D eigenvalue weighted by molar-refractivity contribution is 0.0697. The van der Waals surface area contributed by atoms with Crippen LogP contribution in [0.3, 0.4) is 0 Å². The molecule has 0 fully saturated rings. The maximum Gasteiger partial charge on any atom is 0.337 e. The van der Waals surface area contributed by atoms with E-state index in [-0.39, 0.29) is 32.3 Å². The molecule has 0 bridgehead atoms. The second kappa shape index (κ2) is 5.63. The number of aromatic nitrogens is 2. The van der Waals surface area contributed by atoms with Crippen molar-refractivity contribution in [1.82, 2.24) is 10.2 Å². The summed E-state index contributed by atoms with van der Waals surface area (Å²) in [4.78, 5) is 10.7. The van der Waals surface area contributed by atoms with Gasteiger partial charge in [-0.25, -0.2) is 13.2 Å². The van der Waals surface area contributed by atoms with Crippen molar-refractivity contribution in [2.45, 2.75) is 17.6 Å². The van der Waals surface area contributed by atoms with E-state index in [0.29, 0.717) is 0 Å². The summed E-state index contributed by atoms with van der Waals surface area (Å²) in [5, 5.41) is 15.7. The van der Waals surface area contributed by atoms with E-state index in [1.807, 2.05) is 0 Å². The molecule has 0 aliphatic heterocycles. The molecule has 1 heterocycles. The summed E-state index contributed by atoms with van der Waals surface area (Å²) in [6.07, 6.45) is 0. The number of halogens is 2. The zero-order valence-electron chi connectivity index (χ0n) is 10.5. The molecule has 0 radical (unpaired) electrons. The van der Waals surface area contributed by atoms with Crippen LogP contribution in [0.5, 0.6) is 0 Å². The van der Waals surface area contributed by atoms with Crippen molar-refractivity contribution in [2.75, 3.05) is 0 Å². The van der Waals surface area contributed by atoms with E-state index in [9.17, 15) is 13.2 Å². The number of hydrogen-bond acceptors (Lipinski definition) is 6. The highest BCUT2D eigenvalue weighted by molar-refractivity contribution is 7.90. The number of sulfone groups is 1. The number of nitrogens with zero attached hydrogens (tertiary/aromatic N) is 2. The van der Waals surface area contributed by atoms with E-state index in [4.69, 9.17) is 32.7 Å². The lowest BCUT2D eigenvalue weighted by Crippen LogP contribution is -2.08. The van der Waals surface area contributed by atoms with Crippen LogP contribution in [-0.2, 0) is 15.6 Å². The largest absolute Gasteiger partial charge is 0.478 e. The van der Waals surface area contributed by atoms with Crippen LogP contribution >= 0.6 is 23.2 Å². The Morgan fingerprint density at radius 1 is 1.29 bits per heavy atom. The fraction of sp³-hybridized carbons (Fsp3) is 0.182. The third kappa shape index (κ3) is 3.34. The Morgan fingerprint density at radius 2 is 1.95 bits per heavy atom. The van der Waals surface area contributed by atoms with Gasteiger partial charge in [-0.1, -0.05) is 23.2 Å². The first-order valence-corrected chi connectivity index (χ1v) is 7.85. The zero-order valence-corrected chi connectivity index (χ0v) is 12.8. The Labute approximate surface area is 129 Å². The van der Waals surface area contributed by atoms with E-state index in [1.165, 1.54) is 6.92 Å². The van der Waals surface area contributed by atoms with Gasteiger partial charge in [-0.05, 0) is 12.1 Å². The Balaban J connectivity index is 2.49. The van der Waals surface area contributed by atoms with Crippen molar-refractivity contribution in [2.24, 2.45) is 0 Å². The summed E-state index contributed by atoms with van der Waals surface area (Å²) in [5.41, 5.74) is -0.360. The number of aromatic carboxylic acids is 1. The molecule has 112 valence electrons. The number of carbonyl (C=O) groups is 1. The topological polar surface area (TPSA) is 110 Å². The van der Waals surface area contributed by atoms with Gasteiger partial charge in [0.1, 0.15) is 5.75 Å². The van der Waals surface area contributed by atoms with Gasteiger partial charge in [0.2, 0.25) is 11.8 Å². The van der Waals surface area contributed by atoms with Crippen molar-refractivity contribution >= 4 is 39.0 Å². The van der Waals surface area contributed by atoms with Crippen LogP contribution < -0.4 is 0 Å². The molecule has 7 nitrogen and oxygen atoms in total. The van der Waals surface area contributed by atoms with Crippen molar-refractivity contribution < 1.29 is 22.7 Å². The molecule has 21 heavy (non-hydrogen) atoms. The first-order chi connectivity index (χ1) is 9.70. The number of carboxylic acid groups (broad SMARTS) is 1. The van der Waals surface area contributed by atoms with Crippen molar-refractivity contribution in [3.63, 3.8) is 0 Å². The van der Waals surface area contributed by atoms with Crippen molar-refractivity contribution in [1.29, 1.82) is 0 Å². The van der Waals surface area contributed by atoms with Gasteiger partial charge >= 0.3 is 5.97 Å². The van der Waals surface area contributed by atoms with E-state index >= 15 is 0 Å². The fourth-order valence-electron chi connectivity index (χ4n) is 1.57. The molecule has 0 saturated carbocycles. The molecule has 2 aromatic rings. The second-order valence-electron chi connectivity index (χ2n) is 4.04. The Morgan fingerprint density at radius 3 is 2.48 bits per heavy atom. The normalized spacial score (nSPS) is 11.6. The van der Waals surface area contributed by atoms with E-state index in [2.05, 4.69) is 10.2 Å². The molecule has 0 amide bonds. The maximum absolute atomic E-state index is 12.3. The summed E-state index contributed by atoms with van der Waals surface area (Å²) in [7, 11) is -3.95. The first-order valence-electron chi connectivity index (χ1n) is 5.45. The van der Waals surface area contributed by atoms with Crippen LogP contribution in [0.2, 0.25) is 10.0 Å². The summed E-state index contributed by atoms with van der Waals surface area (Å²) in [6, 6.07) is 1.98. The standard InChI is InChI=1S/C11H8Cl2N2O5S/c1-5-14-15-10(20-5)4-21(18,19)9-2-6(11(16)17)7(12)3-8(9)13/h2-3H,4H2,1H3,(H,16,17). The van der Waals surface area contributed by atoms with Gasteiger partial charge in [0.15, 0.2) is 9.84 Å². The molecule has 1 aromatic carbocycles. The molecule has 0 atom stereocenters. The molecule has 0 spiro atoms. The summed E-state index contributed by atoms with van der Waals surface area (Å²) in [6.45, 7) is 1.51. The molecule has 0 unspecified atom stereocenters. The Kier molecular flexibility index (Phi) is 4.22. The minimum atomic E-state index is -3.95. The minimum Gasteiger partial charge on any atom is -0.478 e. The number of rotatable bonds is 4. The van der Waals surface area contributed by atoms with Crippen LogP contribution in [0.15, 0.2) is 21.4 Å². The van der Waals surface area contributed by atoms with Gasteiger partial charge < -0.3 is 9.52 Å². The third-order valence-electron chi connectivity index (χ3n) is 2.47. The molecule has 2 rings (SSSR count). The van der Waals surface area contributed by atoms with E-state index in [0.717, 1.165) is 12.1 Å². The highest BCUT2D eigenvalue weighted by Gasteiger charge is 2.25. The Hall–Kier alpha value is -1.64. The number of aryl methyl sites for hydroxylation is 1. The van der Waals surface area contributed by atoms with Gasteiger partial charge in [0.25, 0.3) is 0 Å². The quantitative estimate of drug-likeness (QED) is 0.900. The molecule has 10 heteroatoms. The average Bonchev–Trinajstić information content (AvgIpc) is 2.72. The average molecular weight is 351 g/mol. The lowest BCUT2D eigenvalue weighted by Gasteiger charge is -2.07. The number of hydrogen-bond donors (Lipinski definition) is 1. The molecular weight excluding hydrogens is 343 g/mol. The van der Waals surface area contributed by atoms with Crippen molar-refractivity contribution in [3.05, 3.63) is 39.5 Å². The highest BCUT2D eigenvalue weighted by atomic mass is 35.5. The molecule has 1 N–H and O–H groups in total. The smallest absolute Gasteiger partial charge is 0.337 e. The number of benzene rings is 1. The third-order valence-corrected chi connectivity index (χ3v) is 4.84. The van der Waals surface area contributed by atoms with Gasteiger partial charge in [0.05, 0.1) is 20.5 Å². The summed E-state index contributed by atoms with van der Waals surface area (Å²) in [5.74, 6) is -1.85.